The minimum atomic E-state index is -0.115. The first kappa shape index (κ1) is 28.7. The van der Waals surface area contributed by atoms with Crippen LogP contribution in [0.3, 0.4) is 0 Å². The molecule has 0 spiro atoms. The summed E-state index contributed by atoms with van der Waals surface area (Å²) in [4.78, 5) is 9.78. The molecular weight excluding hydrogens is 613 g/mol. The Labute approximate surface area is 291 Å². The molecule has 6 aromatic carbocycles. The predicted molar refractivity (Wildman–Crippen MR) is 205 cm³/mol. The van der Waals surface area contributed by atoms with Crippen molar-refractivity contribution in [1.82, 2.24) is 9.55 Å². The Hall–Kier alpha value is -6.33. The van der Waals surface area contributed by atoms with Crippen LogP contribution in [0.2, 0.25) is 0 Å². The van der Waals surface area contributed by atoms with Crippen molar-refractivity contribution in [3.8, 4) is 28.4 Å². The van der Waals surface area contributed by atoms with Crippen LogP contribution in [0.1, 0.15) is 25.0 Å². The van der Waals surface area contributed by atoms with Gasteiger partial charge in [0.05, 0.1) is 22.4 Å². The van der Waals surface area contributed by atoms with Crippen LogP contribution >= 0.6 is 0 Å². The van der Waals surface area contributed by atoms with Gasteiger partial charge in [-0.05, 0) is 77.4 Å². The van der Waals surface area contributed by atoms with Crippen LogP contribution in [-0.2, 0) is 5.41 Å². The number of hydrogen-bond acceptors (Lipinski definition) is 4. The van der Waals surface area contributed by atoms with Crippen molar-refractivity contribution in [2.45, 2.75) is 19.3 Å². The molecule has 0 N–H and O–H groups in total. The van der Waals surface area contributed by atoms with Crippen molar-refractivity contribution in [2.75, 3.05) is 16.5 Å². The lowest BCUT2D eigenvalue weighted by atomic mass is 9.83. The molecule has 8 aromatic rings. The molecule has 10 rings (SSSR count). The Kier molecular flexibility index (Phi) is 6.21. The molecular formula is C45H34N4O. The smallest absolute Gasteiger partial charge is 0.137 e. The summed E-state index contributed by atoms with van der Waals surface area (Å²) in [5.41, 5.74) is 11.8. The summed E-state index contributed by atoms with van der Waals surface area (Å²) in [6.45, 7) is 5.34. The van der Waals surface area contributed by atoms with E-state index in [4.69, 9.17) is 9.72 Å². The van der Waals surface area contributed by atoms with Gasteiger partial charge in [-0.3, -0.25) is 4.57 Å². The van der Waals surface area contributed by atoms with Crippen molar-refractivity contribution < 1.29 is 4.74 Å². The first-order valence-electron chi connectivity index (χ1n) is 17.2. The molecule has 0 unspecified atom stereocenters. The first-order valence-corrected chi connectivity index (χ1v) is 17.2. The number of fused-ring (bicyclic) bond motifs is 7. The molecule has 2 aromatic heterocycles. The Morgan fingerprint density at radius 2 is 1.22 bits per heavy atom. The molecule has 0 atom stereocenters. The first-order chi connectivity index (χ1) is 24.5. The van der Waals surface area contributed by atoms with E-state index in [9.17, 15) is 0 Å². The summed E-state index contributed by atoms with van der Waals surface area (Å²) in [7, 11) is 0. The fraction of sp³-hybridized carbons (Fsp3) is 0.0889. The van der Waals surface area contributed by atoms with Crippen LogP contribution in [0.4, 0.5) is 22.7 Å². The number of para-hydroxylation sites is 4. The average molecular weight is 647 g/mol. The second kappa shape index (κ2) is 10.8. The fourth-order valence-electron chi connectivity index (χ4n) is 8.08. The molecule has 2 aliphatic rings. The zero-order chi connectivity index (χ0) is 33.4. The highest BCUT2D eigenvalue weighted by Crippen LogP contribution is 2.49. The highest BCUT2D eigenvalue weighted by Gasteiger charge is 2.36. The van der Waals surface area contributed by atoms with Gasteiger partial charge in [-0.25, -0.2) is 4.98 Å². The summed E-state index contributed by atoms with van der Waals surface area (Å²) in [5.74, 6) is 2.47. The Bertz CT molecular complexity index is 2600. The average Bonchev–Trinajstić information content (AvgIpc) is 3.78. The zero-order valence-electron chi connectivity index (χ0n) is 27.9. The summed E-state index contributed by atoms with van der Waals surface area (Å²) in [6, 6.07) is 53.5. The van der Waals surface area contributed by atoms with Gasteiger partial charge in [0.2, 0.25) is 0 Å². The van der Waals surface area contributed by atoms with E-state index < -0.39 is 0 Å². The van der Waals surface area contributed by atoms with Crippen molar-refractivity contribution in [2.24, 2.45) is 0 Å². The molecule has 0 amide bonds. The van der Waals surface area contributed by atoms with E-state index in [2.05, 4.69) is 180 Å². The molecule has 0 saturated heterocycles. The molecule has 1 aliphatic carbocycles. The summed E-state index contributed by atoms with van der Waals surface area (Å²) in [6.07, 6.45) is 2.06. The molecule has 1 aliphatic heterocycles. The van der Waals surface area contributed by atoms with E-state index in [0.29, 0.717) is 6.67 Å². The SMILES string of the molecule is CC1(C)c2ccccc2-c2cnc(-n3c4ccccc4c4ccc(Oc5cccc(N6CN(c7ccccc7)c7ccccc76)c5)cc43)cc21. The quantitative estimate of drug-likeness (QED) is 0.186. The third-order valence-corrected chi connectivity index (χ3v) is 10.5. The molecule has 5 heteroatoms. The monoisotopic (exact) mass is 646 g/mol. The second-order valence-corrected chi connectivity index (χ2v) is 13.7. The van der Waals surface area contributed by atoms with Gasteiger partial charge in [0.25, 0.3) is 0 Å². The lowest BCUT2D eigenvalue weighted by Gasteiger charge is -2.22. The number of anilines is 4. The van der Waals surface area contributed by atoms with Gasteiger partial charge in [0, 0.05) is 51.5 Å². The standard InChI is InChI=1S/C45H34N4O/c1-45(2)38-19-8-6-17-34(38)37-28-46-44(27-39(37)45)49-40-20-9-7-18-35(40)36-24-23-33(26-43(36)49)50-32-16-12-15-31(25-32)48-29-47(30-13-4-3-5-14-30)41-21-10-11-22-42(41)48/h3-28H,29H2,1-2H3. The van der Waals surface area contributed by atoms with Crippen LogP contribution in [0.5, 0.6) is 11.5 Å². The number of ether oxygens (including phenoxy) is 1. The van der Waals surface area contributed by atoms with Gasteiger partial charge in [-0.2, -0.15) is 0 Å². The van der Waals surface area contributed by atoms with Gasteiger partial charge in [0.15, 0.2) is 0 Å². The van der Waals surface area contributed by atoms with Crippen LogP contribution in [0.25, 0.3) is 38.8 Å². The van der Waals surface area contributed by atoms with Crippen molar-refractivity contribution in [3.05, 3.63) is 169 Å². The number of rotatable bonds is 5. The highest BCUT2D eigenvalue weighted by atomic mass is 16.5. The molecule has 0 fully saturated rings. The van der Waals surface area contributed by atoms with Gasteiger partial charge in [-0.15, -0.1) is 0 Å². The van der Waals surface area contributed by atoms with Crippen LogP contribution in [0.15, 0.2) is 158 Å². The van der Waals surface area contributed by atoms with Crippen molar-refractivity contribution in [3.63, 3.8) is 0 Å². The van der Waals surface area contributed by atoms with Crippen LogP contribution < -0.4 is 14.5 Å². The van der Waals surface area contributed by atoms with E-state index in [1.54, 1.807) is 0 Å². The van der Waals surface area contributed by atoms with E-state index >= 15 is 0 Å². The maximum absolute atomic E-state index is 6.65. The van der Waals surface area contributed by atoms with E-state index in [1.807, 2.05) is 6.07 Å². The Morgan fingerprint density at radius 1 is 0.540 bits per heavy atom. The number of benzene rings is 6. The molecule has 5 nitrogen and oxygen atoms in total. The Balaban J connectivity index is 1.03. The third kappa shape index (κ3) is 4.30. The molecule has 0 radical (unpaired) electrons. The maximum Gasteiger partial charge on any atom is 0.137 e. The molecule has 3 heterocycles. The molecule has 240 valence electrons. The zero-order valence-corrected chi connectivity index (χ0v) is 27.9. The van der Waals surface area contributed by atoms with Gasteiger partial charge in [0.1, 0.15) is 24.0 Å². The lowest BCUT2D eigenvalue weighted by Crippen LogP contribution is -2.23. The minimum Gasteiger partial charge on any atom is -0.457 e. The van der Waals surface area contributed by atoms with E-state index in [0.717, 1.165) is 34.0 Å². The van der Waals surface area contributed by atoms with Crippen LogP contribution in [-0.4, -0.2) is 16.2 Å². The van der Waals surface area contributed by atoms with Gasteiger partial charge >= 0.3 is 0 Å². The predicted octanol–water partition coefficient (Wildman–Crippen LogP) is 11.5. The van der Waals surface area contributed by atoms with E-state index in [1.165, 1.54) is 50.1 Å². The van der Waals surface area contributed by atoms with Gasteiger partial charge < -0.3 is 14.5 Å². The van der Waals surface area contributed by atoms with E-state index in [-0.39, 0.29) is 5.41 Å². The maximum atomic E-state index is 6.65. The molecule has 0 bridgehead atoms. The Morgan fingerprint density at radius 3 is 2.08 bits per heavy atom. The largest absolute Gasteiger partial charge is 0.457 e. The second-order valence-electron chi connectivity index (χ2n) is 13.7. The number of nitrogens with zero attached hydrogens (tertiary/aromatic N) is 4. The lowest BCUT2D eigenvalue weighted by molar-refractivity contribution is 0.483. The molecule has 50 heavy (non-hydrogen) atoms. The van der Waals surface area contributed by atoms with Gasteiger partial charge in [-0.1, -0.05) is 92.7 Å². The normalized spacial score (nSPS) is 14.2. The van der Waals surface area contributed by atoms with Crippen molar-refractivity contribution in [1.29, 1.82) is 0 Å². The number of pyridine rings is 1. The van der Waals surface area contributed by atoms with Crippen molar-refractivity contribution >= 4 is 44.6 Å². The molecule has 0 saturated carbocycles. The highest BCUT2D eigenvalue weighted by molar-refractivity contribution is 6.09. The number of hydrogen-bond donors (Lipinski definition) is 0. The summed E-state index contributed by atoms with van der Waals surface area (Å²) < 4.78 is 8.93. The fourth-order valence-corrected chi connectivity index (χ4v) is 8.08. The minimum absolute atomic E-state index is 0.115. The summed E-state index contributed by atoms with van der Waals surface area (Å²) in [5, 5.41) is 2.36. The topological polar surface area (TPSA) is 33.5 Å². The third-order valence-electron chi connectivity index (χ3n) is 10.5. The summed E-state index contributed by atoms with van der Waals surface area (Å²) >= 11 is 0. The number of aromatic nitrogens is 2. The van der Waals surface area contributed by atoms with Crippen LogP contribution in [0, 0.1) is 0 Å².